The van der Waals surface area contributed by atoms with Gasteiger partial charge in [-0.05, 0) is 53.2 Å². The molecular formula is C13H12Br2N2O3S. The summed E-state index contributed by atoms with van der Waals surface area (Å²) >= 11 is 6.46. The fourth-order valence-electron chi connectivity index (χ4n) is 1.62. The highest BCUT2D eigenvalue weighted by atomic mass is 79.9. The molecule has 112 valence electrons. The van der Waals surface area contributed by atoms with E-state index in [1.54, 1.807) is 37.3 Å². The number of sulfonamides is 1. The van der Waals surface area contributed by atoms with Gasteiger partial charge in [-0.3, -0.25) is 4.72 Å². The molecule has 0 amide bonds. The van der Waals surface area contributed by atoms with Crippen LogP contribution < -0.4 is 9.46 Å². The molecule has 8 heteroatoms. The van der Waals surface area contributed by atoms with Crippen LogP contribution in [0.25, 0.3) is 0 Å². The number of halogens is 2. The zero-order valence-electron chi connectivity index (χ0n) is 11.0. The standard InChI is InChI=1S/C13H12Br2N2O3S/c1-2-20-10-7-6-9(14)8-11(10)21(18,19)17-13-5-3-4-12(15)16-13/h3-8H,2H2,1H3,(H,16,17). The molecule has 1 N–H and O–H groups in total. The van der Waals surface area contributed by atoms with E-state index in [4.69, 9.17) is 4.74 Å². The topological polar surface area (TPSA) is 68.3 Å². The second kappa shape index (κ2) is 6.76. The Balaban J connectivity index is 2.41. The normalized spacial score (nSPS) is 11.2. The molecule has 1 aromatic carbocycles. The zero-order valence-corrected chi connectivity index (χ0v) is 15.0. The number of hydrogen-bond donors (Lipinski definition) is 1. The summed E-state index contributed by atoms with van der Waals surface area (Å²) in [5.74, 6) is 0.523. The summed E-state index contributed by atoms with van der Waals surface area (Å²) in [6, 6.07) is 9.80. The van der Waals surface area contributed by atoms with Gasteiger partial charge in [-0.1, -0.05) is 22.0 Å². The maximum Gasteiger partial charge on any atom is 0.266 e. The number of nitrogens with zero attached hydrogens (tertiary/aromatic N) is 1. The van der Waals surface area contributed by atoms with Gasteiger partial charge in [0.1, 0.15) is 21.1 Å². The summed E-state index contributed by atoms with van der Waals surface area (Å²) in [6.45, 7) is 2.17. The van der Waals surface area contributed by atoms with Crippen molar-refractivity contribution in [3.63, 3.8) is 0 Å². The number of pyridine rings is 1. The molecule has 5 nitrogen and oxygen atoms in total. The predicted octanol–water partition coefficient (Wildman–Crippen LogP) is 3.81. The Bertz CT molecular complexity index is 751. The maximum atomic E-state index is 12.5. The zero-order chi connectivity index (χ0) is 15.5. The SMILES string of the molecule is CCOc1ccc(Br)cc1S(=O)(=O)Nc1cccc(Br)n1. The molecule has 0 saturated carbocycles. The summed E-state index contributed by atoms with van der Waals surface area (Å²) in [5, 5.41) is 0. The minimum Gasteiger partial charge on any atom is -0.492 e. The number of aromatic nitrogens is 1. The van der Waals surface area contributed by atoms with E-state index in [0.29, 0.717) is 21.4 Å². The van der Waals surface area contributed by atoms with Gasteiger partial charge in [0.05, 0.1) is 6.61 Å². The quantitative estimate of drug-likeness (QED) is 0.725. The third-order valence-corrected chi connectivity index (χ3v) is 4.76. The van der Waals surface area contributed by atoms with Crippen molar-refractivity contribution in [2.45, 2.75) is 11.8 Å². The van der Waals surface area contributed by atoms with Gasteiger partial charge in [0.25, 0.3) is 10.0 Å². The van der Waals surface area contributed by atoms with Crippen molar-refractivity contribution in [3.05, 3.63) is 45.5 Å². The van der Waals surface area contributed by atoms with Crippen molar-refractivity contribution < 1.29 is 13.2 Å². The molecule has 21 heavy (non-hydrogen) atoms. The van der Waals surface area contributed by atoms with Crippen molar-refractivity contribution in [1.82, 2.24) is 4.98 Å². The van der Waals surface area contributed by atoms with Crippen LogP contribution in [-0.4, -0.2) is 20.0 Å². The van der Waals surface area contributed by atoms with Crippen LogP contribution in [0.1, 0.15) is 6.92 Å². The van der Waals surface area contributed by atoms with E-state index < -0.39 is 10.0 Å². The number of rotatable bonds is 5. The van der Waals surface area contributed by atoms with E-state index >= 15 is 0 Å². The van der Waals surface area contributed by atoms with Gasteiger partial charge in [0, 0.05) is 4.47 Å². The van der Waals surface area contributed by atoms with E-state index in [2.05, 4.69) is 41.6 Å². The van der Waals surface area contributed by atoms with Crippen molar-refractivity contribution in [1.29, 1.82) is 0 Å². The highest BCUT2D eigenvalue weighted by molar-refractivity contribution is 9.10. The fourth-order valence-corrected chi connectivity index (χ4v) is 3.65. The first-order valence-electron chi connectivity index (χ1n) is 6.00. The van der Waals surface area contributed by atoms with Crippen molar-refractivity contribution in [2.75, 3.05) is 11.3 Å². The average Bonchev–Trinajstić information content (AvgIpc) is 2.40. The van der Waals surface area contributed by atoms with Crippen LogP contribution in [0.4, 0.5) is 5.82 Å². The Labute approximate surface area is 140 Å². The number of anilines is 1. The Kier molecular flexibility index (Phi) is 5.23. The fraction of sp³-hybridized carbons (Fsp3) is 0.154. The van der Waals surface area contributed by atoms with Crippen LogP contribution in [0.15, 0.2) is 50.4 Å². The van der Waals surface area contributed by atoms with E-state index in [1.165, 1.54) is 6.07 Å². The Morgan fingerprint density at radius 3 is 2.67 bits per heavy atom. The summed E-state index contributed by atoms with van der Waals surface area (Å²) < 4.78 is 34.0. The molecule has 1 aromatic heterocycles. The largest absolute Gasteiger partial charge is 0.492 e. The Morgan fingerprint density at radius 1 is 1.24 bits per heavy atom. The molecule has 0 bridgehead atoms. The summed E-state index contributed by atoms with van der Waals surface area (Å²) in [6.07, 6.45) is 0. The molecule has 2 rings (SSSR count). The van der Waals surface area contributed by atoms with Gasteiger partial charge < -0.3 is 4.74 Å². The predicted molar refractivity (Wildman–Crippen MR) is 88.1 cm³/mol. The van der Waals surface area contributed by atoms with Crippen molar-refractivity contribution in [2.24, 2.45) is 0 Å². The Hall–Kier alpha value is -1.12. The Morgan fingerprint density at radius 2 is 2.00 bits per heavy atom. The number of ether oxygens (including phenoxy) is 1. The number of nitrogens with one attached hydrogen (secondary N) is 1. The van der Waals surface area contributed by atoms with Gasteiger partial charge in [-0.25, -0.2) is 13.4 Å². The van der Waals surface area contributed by atoms with Crippen LogP contribution in [-0.2, 0) is 10.0 Å². The first kappa shape index (κ1) is 16.3. The summed E-state index contributed by atoms with van der Waals surface area (Å²) in [5.41, 5.74) is 0. The molecule has 0 spiro atoms. The molecule has 0 saturated heterocycles. The van der Waals surface area contributed by atoms with Gasteiger partial charge in [-0.2, -0.15) is 0 Å². The molecule has 0 aliphatic rings. The molecule has 0 aliphatic heterocycles. The minimum absolute atomic E-state index is 0.0560. The molecule has 2 aromatic rings. The molecular weight excluding hydrogens is 424 g/mol. The second-order valence-corrected chi connectivity index (χ2v) is 7.35. The van der Waals surface area contributed by atoms with Crippen LogP contribution in [0.2, 0.25) is 0 Å². The minimum atomic E-state index is -3.79. The van der Waals surface area contributed by atoms with Crippen LogP contribution >= 0.6 is 31.9 Å². The van der Waals surface area contributed by atoms with E-state index in [1.807, 2.05) is 0 Å². The van der Waals surface area contributed by atoms with Crippen LogP contribution in [0.3, 0.4) is 0 Å². The molecule has 1 heterocycles. The lowest BCUT2D eigenvalue weighted by Crippen LogP contribution is -2.15. The third-order valence-electron chi connectivity index (χ3n) is 2.45. The average molecular weight is 436 g/mol. The molecule has 0 aliphatic carbocycles. The van der Waals surface area contributed by atoms with Gasteiger partial charge in [0.15, 0.2) is 0 Å². The second-order valence-electron chi connectivity index (χ2n) is 3.98. The van der Waals surface area contributed by atoms with Crippen LogP contribution in [0, 0.1) is 0 Å². The first-order valence-corrected chi connectivity index (χ1v) is 9.07. The summed E-state index contributed by atoms with van der Waals surface area (Å²) in [7, 11) is -3.79. The lowest BCUT2D eigenvalue weighted by Gasteiger charge is -2.12. The van der Waals surface area contributed by atoms with Gasteiger partial charge >= 0.3 is 0 Å². The van der Waals surface area contributed by atoms with E-state index in [0.717, 1.165) is 0 Å². The molecule has 0 fully saturated rings. The van der Waals surface area contributed by atoms with Crippen LogP contribution in [0.5, 0.6) is 5.75 Å². The highest BCUT2D eigenvalue weighted by Crippen LogP contribution is 2.29. The molecule has 0 radical (unpaired) electrons. The smallest absolute Gasteiger partial charge is 0.266 e. The number of benzene rings is 1. The molecule has 0 atom stereocenters. The van der Waals surface area contributed by atoms with E-state index in [9.17, 15) is 8.42 Å². The number of hydrogen-bond acceptors (Lipinski definition) is 4. The van der Waals surface area contributed by atoms with E-state index in [-0.39, 0.29) is 10.7 Å². The maximum absolute atomic E-state index is 12.5. The lowest BCUT2D eigenvalue weighted by molar-refractivity contribution is 0.331. The van der Waals surface area contributed by atoms with Crippen molar-refractivity contribution in [3.8, 4) is 5.75 Å². The third kappa shape index (κ3) is 4.18. The van der Waals surface area contributed by atoms with Gasteiger partial charge in [0.2, 0.25) is 0 Å². The highest BCUT2D eigenvalue weighted by Gasteiger charge is 2.21. The monoisotopic (exact) mass is 434 g/mol. The van der Waals surface area contributed by atoms with Crippen molar-refractivity contribution >= 4 is 47.7 Å². The first-order chi connectivity index (χ1) is 9.92. The lowest BCUT2D eigenvalue weighted by atomic mass is 10.3. The summed E-state index contributed by atoms with van der Waals surface area (Å²) in [4.78, 5) is 4.11. The van der Waals surface area contributed by atoms with Gasteiger partial charge in [-0.15, -0.1) is 0 Å². The molecule has 0 unspecified atom stereocenters.